The van der Waals surface area contributed by atoms with E-state index in [-0.39, 0.29) is 12.6 Å². The van der Waals surface area contributed by atoms with Gasteiger partial charge in [-0.1, -0.05) is 13.8 Å². The molecule has 2 N–H and O–H groups in total. The zero-order valence-corrected chi connectivity index (χ0v) is 11.1. The molecule has 1 aromatic heterocycles. The largest absolute Gasteiger partial charge is 0.394 e. The predicted octanol–water partition coefficient (Wildman–Crippen LogP) is 0.936. The maximum atomic E-state index is 9.29. The van der Waals surface area contributed by atoms with Gasteiger partial charge in [0.25, 0.3) is 0 Å². The summed E-state index contributed by atoms with van der Waals surface area (Å²) in [5, 5.41) is 12.6. The molecule has 5 nitrogen and oxygen atoms in total. The summed E-state index contributed by atoms with van der Waals surface area (Å²) in [7, 11) is 0. The van der Waals surface area contributed by atoms with Crippen LogP contribution < -0.4 is 10.2 Å². The fraction of sp³-hybridized carbons (Fsp3) is 0.692. The lowest BCUT2D eigenvalue weighted by molar-refractivity contribution is 0.265. The van der Waals surface area contributed by atoms with Gasteiger partial charge in [0, 0.05) is 37.1 Å². The van der Waals surface area contributed by atoms with E-state index in [0.717, 1.165) is 37.4 Å². The number of anilines is 1. The topological polar surface area (TPSA) is 61.3 Å². The lowest BCUT2D eigenvalue weighted by atomic mass is 10.2. The van der Waals surface area contributed by atoms with E-state index in [2.05, 4.69) is 34.0 Å². The number of nitrogens with one attached hydrogen (secondary N) is 1. The molecule has 0 aliphatic carbocycles. The maximum Gasteiger partial charge on any atom is 0.225 e. The Morgan fingerprint density at radius 3 is 2.78 bits per heavy atom. The van der Waals surface area contributed by atoms with Gasteiger partial charge in [-0.05, 0) is 12.8 Å². The third-order valence-electron chi connectivity index (χ3n) is 3.25. The van der Waals surface area contributed by atoms with Crippen LogP contribution in [0.2, 0.25) is 0 Å². The van der Waals surface area contributed by atoms with E-state index < -0.39 is 0 Å². The van der Waals surface area contributed by atoms with Crippen molar-refractivity contribution in [3.05, 3.63) is 18.0 Å². The number of aliphatic hydroxyl groups is 1. The minimum absolute atomic E-state index is 0.181. The monoisotopic (exact) mass is 250 g/mol. The molecule has 1 atom stereocenters. The summed E-state index contributed by atoms with van der Waals surface area (Å²) < 4.78 is 0. The molecule has 0 saturated carbocycles. The Bertz CT molecular complexity index is 366. The van der Waals surface area contributed by atoms with Gasteiger partial charge in [0.15, 0.2) is 0 Å². The van der Waals surface area contributed by atoms with Gasteiger partial charge in [0.05, 0.1) is 12.6 Å². The fourth-order valence-electron chi connectivity index (χ4n) is 2.20. The number of hydrogen-bond donors (Lipinski definition) is 2. The molecule has 5 heteroatoms. The molecule has 1 saturated heterocycles. The summed E-state index contributed by atoms with van der Waals surface area (Å²) in [5.74, 6) is 0.736. The molecular weight excluding hydrogens is 228 g/mol. The molecule has 1 unspecified atom stereocenters. The third kappa shape index (κ3) is 3.17. The highest BCUT2D eigenvalue weighted by molar-refractivity contribution is 5.33. The van der Waals surface area contributed by atoms with Crippen LogP contribution in [0.4, 0.5) is 5.95 Å². The van der Waals surface area contributed by atoms with Crippen LogP contribution >= 0.6 is 0 Å². The second-order valence-electron chi connectivity index (χ2n) is 5.10. The zero-order valence-electron chi connectivity index (χ0n) is 11.1. The van der Waals surface area contributed by atoms with Crippen LogP contribution in [0, 0.1) is 0 Å². The quantitative estimate of drug-likeness (QED) is 0.814. The zero-order chi connectivity index (χ0) is 13.0. The first kappa shape index (κ1) is 13.2. The van der Waals surface area contributed by atoms with Crippen molar-refractivity contribution in [3.8, 4) is 0 Å². The highest BCUT2D eigenvalue weighted by Crippen LogP contribution is 2.21. The van der Waals surface area contributed by atoms with E-state index in [1.54, 1.807) is 0 Å². The van der Waals surface area contributed by atoms with Crippen molar-refractivity contribution in [2.45, 2.75) is 45.3 Å². The van der Waals surface area contributed by atoms with Crippen LogP contribution in [0.25, 0.3) is 0 Å². The first-order valence-corrected chi connectivity index (χ1v) is 6.62. The second kappa shape index (κ2) is 6.11. The molecule has 100 valence electrons. The Morgan fingerprint density at radius 1 is 1.44 bits per heavy atom. The highest BCUT2D eigenvalue weighted by atomic mass is 16.3. The van der Waals surface area contributed by atoms with Crippen LogP contribution in [0.5, 0.6) is 0 Å². The Kier molecular flexibility index (Phi) is 4.49. The summed E-state index contributed by atoms with van der Waals surface area (Å²) in [6.07, 6.45) is 5.86. The number of nitrogens with zero attached hydrogens (tertiary/aromatic N) is 3. The second-order valence-corrected chi connectivity index (χ2v) is 5.10. The molecule has 0 amide bonds. The Labute approximate surface area is 108 Å². The minimum Gasteiger partial charge on any atom is -0.394 e. The van der Waals surface area contributed by atoms with Gasteiger partial charge in [-0.2, -0.15) is 0 Å². The van der Waals surface area contributed by atoms with Crippen molar-refractivity contribution in [1.29, 1.82) is 0 Å². The van der Waals surface area contributed by atoms with Gasteiger partial charge < -0.3 is 15.3 Å². The van der Waals surface area contributed by atoms with Crippen LogP contribution in [-0.4, -0.2) is 40.3 Å². The molecule has 18 heavy (non-hydrogen) atoms. The summed E-state index contributed by atoms with van der Waals surface area (Å²) in [6, 6.07) is 0.645. The Balaban J connectivity index is 1.98. The van der Waals surface area contributed by atoms with E-state index in [9.17, 15) is 5.11 Å². The van der Waals surface area contributed by atoms with Gasteiger partial charge in [-0.3, -0.25) is 0 Å². The predicted molar refractivity (Wildman–Crippen MR) is 71.5 cm³/mol. The molecule has 1 aliphatic heterocycles. The average Bonchev–Trinajstić information content (AvgIpc) is 2.85. The van der Waals surface area contributed by atoms with Crippen molar-refractivity contribution in [3.63, 3.8) is 0 Å². The first-order chi connectivity index (χ1) is 8.70. The number of hydrogen-bond acceptors (Lipinski definition) is 5. The molecule has 0 radical (unpaired) electrons. The van der Waals surface area contributed by atoms with E-state index >= 15 is 0 Å². The molecule has 1 aliphatic rings. The average molecular weight is 250 g/mol. The fourth-order valence-corrected chi connectivity index (χ4v) is 2.20. The van der Waals surface area contributed by atoms with Crippen molar-refractivity contribution >= 4 is 5.95 Å². The first-order valence-electron chi connectivity index (χ1n) is 6.62. The molecule has 2 rings (SSSR count). The molecule has 0 bridgehead atoms. The molecule has 1 fully saturated rings. The maximum absolute atomic E-state index is 9.29. The van der Waals surface area contributed by atoms with E-state index in [1.807, 2.05) is 12.4 Å². The molecule has 1 aromatic rings. The SMILES string of the molecule is CC(C)NCc1cnc(N2CCCC2CO)nc1. The normalized spacial score (nSPS) is 19.8. The van der Waals surface area contributed by atoms with Gasteiger partial charge >= 0.3 is 0 Å². The smallest absolute Gasteiger partial charge is 0.225 e. The Hall–Kier alpha value is -1.20. The lowest BCUT2D eigenvalue weighted by Gasteiger charge is -2.22. The molecule has 0 spiro atoms. The van der Waals surface area contributed by atoms with Crippen molar-refractivity contribution in [1.82, 2.24) is 15.3 Å². The lowest BCUT2D eigenvalue weighted by Crippen LogP contribution is -2.33. The third-order valence-corrected chi connectivity index (χ3v) is 3.25. The molecule has 2 heterocycles. The molecular formula is C13H22N4O. The Morgan fingerprint density at radius 2 is 2.17 bits per heavy atom. The molecule has 0 aromatic carbocycles. The van der Waals surface area contributed by atoms with Crippen LogP contribution in [0.1, 0.15) is 32.3 Å². The van der Waals surface area contributed by atoms with Crippen molar-refractivity contribution in [2.75, 3.05) is 18.1 Å². The van der Waals surface area contributed by atoms with Crippen LogP contribution in [-0.2, 0) is 6.54 Å². The number of aromatic nitrogens is 2. The van der Waals surface area contributed by atoms with E-state index in [1.165, 1.54) is 0 Å². The van der Waals surface area contributed by atoms with Crippen molar-refractivity contribution < 1.29 is 5.11 Å². The van der Waals surface area contributed by atoms with Gasteiger partial charge in [0.2, 0.25) is 5.95 Å². The summed E-state index contributed by atoms with van der Waals surface area (Å²) >= 11 is 0. The van der Waals surface area contributed by atoms with Crippen LogP contribution in [0.3, 0.4) is 0 Å². The van der Waals surface area contributed by atoms with E-state index in [4.69, 9.17) is 0 Å². The summed E-state index contributed by atoms with van der Waals surface area (Å²) in [5.41, 5.74) is 1.09. The number of aliphatic hydroxyl groups excluding tert-OH is 1. The van der Waals surface area contributed by atoms with Crippen molar-refractivity contribution in [2.24, 2.45) is 0 Å². The summed E-state index contributed by atoms with van der Waals surface area (Å²) in [4.78, 5) is 10.9. The summed E-state index contributed by atoms with van der Waals surface area (Å²) in [6.45, 7) is 6.15. The van der Waals surface area contributed by atoms with Gasteiger partial charge in [0.1, 0.15) is 0 Å². The minimum atomic E-state index is 0.181. The number of rotatable bonds is 5. The van der Waals surface area contributed by atoms with E-state index in [0.29, 0.717) is 6.04 Å². The standard InChI is InChI=1S/C13H22N4O/c1-10(2)14-6-11-7-15-13(16-8-11)17-5-3-4-12(17)9-18/h7-8,10,12,14,18H,3-6,9H2,1-2H3. The highest BCUT2D eigenvalue weighted by Gasteiger charge is 2.25. The van der Waals surface area contributed by atoms with Gasteiger partial charge in [-0.15, -0.1) is 0 Å². The van der Waals surface area contributed by atoms with Crippen LogP contribution in [0.15, 0.2) is 12.4 Å². The van der Waals surface area contributed by atoms with Gasteiger partial charge in [-0.25, -0.2) is 9.97 Å².